The molecule has 0 atom stereocenters. The Bertz CT molecular complexity index is 724. The lowest BCUT2D eigenvalue weighted by molar-refractivity contribution is -0.117. The maximum Gasteiger partial charge on any atom is 0.282 e. The summed E-state index contributed by atoms with van der Waals surface area (Å²) in [6, 6.07) is 6.23. The van der Waals surface area contributed by atoms with Crippen LogP contribution in [0.4, 0.5) is 14.5 Å². The lowest BCUT2D eigenvalue weighted by atomic mass is 10.2. The van der Waals surface area contributed by atoms with E-state index in [1.54, 1.807) is 18.2 Å². The molecular formula is C15H13Cl2F2N3O. The van der Waals surface area contributed by atoms with E-state index in [0.717, 1.165) is 12.8 Å². The highest BCUT2D eigenvalue weighted by molar-refractivity contribution is 6.39. The molecule has 0 bridgehead atoms. The first-order chi connectivity index (χ1) is 11.0. The van der Waals surface area contributed by atoms with Crippen LogP contribution < -0.4 is 5.32 Å². The third kappa shape index (κ3) is 3.64. The molecule has 0 saturated heterocycles. The smallest absolute Gasteiger partial charge is 0.282 e. The Hall–Kier alpha value is -1.66. The van der Waals surface area contributed by atoms with Gasteiger partial charge in [-0.25, -0.2) is 8.78 Å². The number of halogens is 4. The molecule has 1 amide bonds. The molecular weight excluding hydrogens is 347 g/mol. The van der Waals surface area contributed by atoms with E-state index in [-0.39, 0.29) is 18.2 Å². The second kappa shape index (κ2) is 6.45. The van der Waals surface area contributed by atoms with Gasteiger partial charge in [-0.1, -0.05) is 29.3 Å². The Morgan fingerprint density at radius 1 is 1.35 bits per heavy atom. The molecule has 1 N–H and O–H groups in total. The highest BCUT2D eigenvalue weighted by Gasteiger charge is 2.30. The average Bonchev–Trinajstić information content (AvgIpc) is 3.24. The van der Waals surface area contributed by atoms with Crippen molar-refractivity contribution >= 4 is 34.8 Å². The van der Waals surface area contributed by atoms with Gasteiger partial charge in [0.2, 0.25) is 5.91 Å². The van der Waals surface area contributed by atoms with Gasteiger partial charge in [-0.2, -0.15) is 5.10 Å². The van der Waals surface area contributed by atoms with Crippen molar-refractivity contribution in [3.63, 3.8) is 0 Å². The van der Waals surface area contributed by atoms with Crippen molar-refractivity contribution in [3.05, 3.63) is 45.7 Å². The molecule has 23 heavy (non-hydrogen) atoms. The summed E-state index contributed by atoms with van der Waals surface area (Å²) in [7, 11) is 0. The minimum atomic E-state index is -2.66. The predicted molar refractivity (Wildman–Crippen MR) is 84.3 cm³/mol. The Morgan fingerprint density at radius 2 is 2.00 bits per heavy atom. The fourth-order valence-corrected chi connectivity index (χ4v) is 2.82. The molecule has 1 heterocycles. The standard InChI is InChI=1S/C15H13Cl2F2N3O/c16-9-2-1-3-10(17)14(9)20-13(23)7-22-12(8-4-5-8)6-11(21-22)15(18)19/h1-3,6,8,15H,4-5,7H2,(H,20,23). The zero-order valence-corrected chi connectivity index (χ0v) is 13.4. The molecule has 1 saturated carbocycles. The van der Waals surface area contributed by atoms with Gasteiger partial charge in [0.15, 0.2) is 0 Å². The van der Waals surface area contributed by atoms with E-state index in [9.17, 15) is 13.6 Å². The summed E-state index contributed by atoms with van der Waals surface area (Å²) >= 11 is 12.0. The number of amides is 1. The summed E-state index contributed by atoms with van der Waals surface area (Å²) in [5.74, 6) is -0.225. The summed E-state index contributed by atoms with van der Waals surface area (Å²) in [4.78, 5) is 12.2. The molecule has 0 unspecified atom stereocenters. The van der Waals surface area contributed by atoms with Gasteiger partial charge in [0.05, 0.1) is 15.7 Å². The number of benzene rings is 1. The SMILES string of the molecule is O=C(Cn1nc(C(F)F)cc1C1CC1)Nc1c(Cl)cccc1Cl. The minimum absolute atomic E-state index is 0.167. The number of nitrogens with one attached hydrogen (secondary N) is 1. The maximum atomic E-state index is 12.8. The largest absolute Gasteiger partial charge is 0.322 e. The first-order valence-electron chi connectivity index (χ1n) is 7.05. The molecule has 1 aliphatic carbocycles. The second-order valence-corrected chi connectivity index (χ2v) is 6.19. The van der Waals surface area contributed by atoms with E-state index in [1.807, 2.05) is 0 Å². The monoisotopic (exact) mass is 359 g/mol. The van der Waals surface area contributed by atoms with E-state index in [2.05, 4.69) is 10.4 Å². The first kappa shape index (κ1) is 16.2. The molecule has 1 aliphatic rings. The van der Waals surface area contributed by atoms with Crippen molar-refractivity contribution < 1.29 is 13.6 Å². The zero-order valence-electron chi connectivity index (χ0n) is 11.9. The normalized spacial score (nSPS) is 14.3. The lowest BCUT2D eigenvalue weighted by Gasteiger charge is -2.10. The number of hydrogen-bond donors (Lipinski definition) is 1. The number of anilines is 1. The van der Waals surface area contributed by atoms with Crippen molar-refractivity contribution in [2.45, 2.75) is 31.7 Å². The molecule has 0 aliphatic heterocycles. The predicted octanol–water partition coefficient (Wildman–Crippen LogP) is 4.64. The van der Waals surface area contributed by atoms with Crippen molar-refractivity contribution in [1.82, 2.24) is 9.78 Å². The Kier molecular flexibility index (Phi) is 4.55. The number of aromatic nitrogens is 2. The van der Waals surface area contributed by atoms with Crippen molar-refractivity contribution in [1.29, 1.82) is 0 Å². The van der Waals surface area contributed by atoms with E-state index < -0.39 is 12.3 Å². The number of rotatable bonds is 5. The summed E-state index contributed by atoms with van der Waals surface area (Å²) in [6.07, 6.45) is -0.812. The highest BCUT2D eigenvalue weighted by Crippen LogP contribution is 2.41. The van der Waals surface area contributed by atoms with Crippen LogP contribution in [0.3, 0.4) is 0 Å². The number of nitrogens with zero attached hydrogens (tertiary/aromatic N) is 2. The summed E-state index contributed by atoms with van der Waals surface area (Å²) in [5.41, 5.74) is 0.659. The van der Waals surface area contributed by atoms with Gasteiger partial charge < -0.3 is 5.32 Å². The van der Waals surface area contributed by atoms with Crippen LogP contribution >= 0.6 is 23.2 Å². The number of carbonyl (C=O) groups excluding carboxylic acids is 1. The van der Waals surface area contributed by atoms with Crippen LogP contribution in [0, 0.1) is 0 Å². The van der Waals surface area contributed by atoms with Gasteiger partial charge in [-0.15, -0.1) is 0 Å². The van der Waals surface area contributed by atoms with Crippen LogP contribution in [-0.4, -0.2) is 15.7 Å². The molecule has 1 aromatic heterocycles. The molecule has 4 nitrogen and oxygen atoms in total. The maximum absolute atomic E-state index is 12.8. The quantitative estimate of drug-likeness (QED) is 0.844. The van der Waals surface area contributed by atoms with Gasteiger partial charge in [-0.3, -0.25) is 9.48 Å². The molecule has 3 rings (SSSR count). The van der Waals surface area contributed by atoms with Crippen LogP contribution in [0.5, 0.6) is 0 Å². The summed E-state index contributed by atoms with van der Waals surface area (Å²) in [6.45, 7) is -0.167. The van der Waals surface area contributed by atoms with Crippen molar-refractivity contribution in [2.75, 3.05) is 5.32 Å². The molecule has 1 fully saturated rings. The molecule has 122 valence electrons. The first-order valence-corrected chi connectivity index (χ1v) is 7.81. The Balaban J connectivity index is 1.77. The fourth-order valence-electron chi connectivity index (χ4n) is 2.33. The number of para-hydroxylation sites is 1. The van der Waals surface area contributed by atoms with E-state index >= 15 is 0 Å². The minimum Gasteiger partial charge on any atom is -0.322 e. The topological polar surface area (TPSA) is 46.9 Å². The number of carbonyl (C=O) groups is 1. The molecule has 0 spiro atoms. The van der Waals surface area contributed by atoms with Crippen LogP contribution in [0.1, 0.15) is 36.6 Å². The van der Waals surface area contributed by atoms with E-state index in [0.29, 0.717) is 21.4 Å². The van der Waals surface area contributed by atoms with Crippen LogP contribution in [0.15, 0.2) is 24.3 Å². The van der Waals surface area contributed by atoms with Gasteiger partial charge in [-0.05, 0) is 31.0 Å². The van der Waals surface area contributed by atoms with Gasteiger partial charge in [0, 0.05) is 11.6 Å². The number of hydrogen-bond acceptors (Lipinski definition) is 2. The van der Waals surface area contributed by atoms with E-state index in [4.69, 9.17) is 23.2 Å². The molecule has 1 aromatic carbocycles. The van der Waals surface area contributed by atoms with Crippen molar-refractivity contribution in [2.24, 2.45) is 0 Å². The van der Waals surface area contributed by atoms with Crippen LogP contribution in [0.2, 0.25) is 10.0 Å². The Morgan fingerprint density at radius 3 is 2.57 bits per heavy atom. The molecule has 2 aromatic rings. The molecule has 8 heteroatoms. The van der Waals surface area contributed by atoms with Crippen LogP contribution in [-0.2, 0) is 11.3 Å². The summed E-state index contributed by atoms with van der Waals surface area (Å²) < 4.78 is 27.0. The second-order valence-electron chi connectivity index (χ2n) is 5.37. The highest BCUT2D eigenvalue weighted by atomic mass is 35.5. The Labute approximate surface area is 141 Å². The van der Waals surface area contributed by atoms with Crippen LogP contribution in [0.25, 0.3) is 0 Å². The van der Waals surface area contributed by atoms with Gasteiger partial charge in [0.25, 0.3) is 6.43 Å². The zero-order chi connectivity index (χ0) is 16.6. The number of alkyl halides is 2. The fraction of sp³-hybridized carbons (Fsp3) is 0.333. The van der Waals surface area contributed by atoms with Gasteiger partial charge >= 0.3 is 0 Å². The summed E-state index contributed by atoms with van der Waals surface area (Å²) in [5, 5.41) is 7.05. The molecule has 0 radical (unpaired) electrons. The van der Waals surface area contributed by atoms with Crippen molar-refractivity contribution in [3.8, 4) is 0 Å². The average molecular weight is 360 g/mol. The van der Waals surface area contributed by atoms with Gasteiger partial charge in [0.1, 0.15) is 12.2 Å². The third-order valence-corrected chi connectivity index (χ3v) is 4.20. The van der Waals surface area contributed by atoms with E-state index in [1.165, 1.54) is 10.7 Å². The third-order valence-electron chi connectivity index (χ3n) is 3.57. The lowest BCUT2D eigenvalue weighted by Crippen LogP contribution is -2.21.